The van der Waals surface area contributed by atoms with Crippen molar-refractivity contribution in [2.75, 3.05) is 16.8 Å². The van der Waals surface area contributed by atoms with Gasteiger partial charge in [0, 0.05) is 17.9 Å². The van der Waals surface area contributed by atoms with Gasteiger partial charge in [0.15, 0.2) is 3.95 Å². The number of nitriles is 1. The molecule has 132 valence electrons. The number of hydrogen-bond acceptors (Lipinski definition) is 4. The summed E-state index contributed by atoms with van der Waals surface area (Å²) in [7, 11) is 0. The highest BCUT2D eigenvalue weighted by Gasteiger charge is 2.18. The van der Waals surface area contributed by atoms with Crippen molar-refractivity contribution in [2.24, 2.45) is 5.92 Å². The SMILES string of the molecule is CC(C)CN(C(=O)Nc1ccc(C#N)cc1)c1ccc2[nH]c(=S)sc2c1. The summed E-state index contributed by atoms with van der Waals surface area (Å²) in [6.07, 6.45) is 0. The third kappa shape index (κ3) is 4.10. The molecule has 0 saturated heterocycles. The van der Waals surface area contributed by atoms with Crippen LogP contribution in [-0.4, -0.2) is 17.6 Å². The fourth-order valence-electron chi connectivity index (χ4n) is 2.59. The van der Waals surface area contributed by atoms with Crippen LogP contribution >= 0.6 is 23.6 Å². The highest BCUT2D eigenvalue weighted by Crippen LogP contribution is 2.26. The molecule has 2 N–H and O–H groups in total. The summed E-state index contributed by atoms with van der Waals surface area (Å²) in [6.45, 7) is 4.73. The molecule has 2 aromatic carbocycles. The second kappa shape index (κ2) is 7.68. The average molecular weight is 383 g/mol. The van der Waals surface area contributed by atoms with Crippen LogP contribution in [0.3, 0.4) is 0 Å². The van der Waals surface area contributed by atoms with Gasteiger partial charge in [0.1, 0.15) is 0 Å². The fraction of sp³-hybridized carbons (Fsp3) is 0.211. The number of thiazole rings is 1. The molecule has 0 aliphatic rings. The molecule has 0 fully saturated rings. The van der Waals surface area contributed by atoms with Crippen molar-refractivity contribution in [2.45, 2.75) is 13.8 Å². The highest BCUT2D eigenvalue weighted by atomic mass is 32.1. The number of anilines is 2. The molecule has 2 amide bonds. The molecule has 5 nitrogen and oxygen atoms in total. The number of amides is 2. The lowest BCUT2D eigenvalue weighted by atomic mass is 10.2. The van der Waals surface area contributed by atoms with E-state index in [0.717, 1.165) is 19.9 Å². The molecule has 26 heavy (non-hydrogen) atoms. The number of H-pyrrole nitrogens is 1. The van der Waals surface area contributed by atoms with E-state index in [1.165, 1.54) is 11.3 Å². The highest BCUT2D eigenvalue weighted by molar-refractivity contribution is 7.73. The van der Waals surface area contributed by atoms with E-state index in [4.69, 9.17) is 17.5 Å². The van der Waals surface area contributed by atoms with Gasteiger partial charge in [0.05, 0.1) is 21.8 Å². The Balaban J connectivity index is 1.88. The molecular weight excluding hydrogens is 364 g/mol. The van der Waals surface area contributed by atoms with Gasteiger partial charge < -0.3 is 10.3 Å². The lowest BCUT2D eigenvalue weighted by molar-refractivity contribution is 0.256. The van der Waals surface area contributed by atoms with Crippen molar-refractivity contribution in [1.82, 2.24) is 4.98 Å². The van der Waals surface area contributed by atoms with E-state index in [9.17, 15) is 4.79 Å². The number of aromatic amines is 1. The van der Waals surface area contributed by atoms with Crippen LogP contribution in [0.2, 0.25) is 0 Å². The molecule has 0 unspecified atom stereocenters. The maximum absolute atomic E-state index is 12.9. The Morgan fingerprint density at radius 1 is 1.31 bits per heavy atom. The number of fused-ring (bicyclic) bond motifs is 1. The lowest BCUT2D eigenvalue weighted by Crippen LogP contribution is -2.37. The summed E-state index contributed by atoms with van der Waals surface area (Å²) in [5, 5.41) is 11.8. The summed E-state index contributed by atoms with van der Waals surface area (Å²) in [4.78, 5) is 17.7. The number of aromatic nitrogens is 1. The standard InChI is InChI=1S/C19H18N4OS2/c1-12(2)11-23(15-7-8-16-17(9-15)26-19(25)22-16)18(24)21-14-5-3-13(10-20)4-6-14/h3-9,12H,11H2,1-2H3,(H,21,24)(H,22,25). The van der Waals surface area contributed by atoms with Crippen LogP contribution in [0, 0.1) is 21.2 Å². The van der Waals surface area contributed by atoms with Gasteiger partial charge >= 0.3 is 6.03 Å². The molecule has 3 rings (SSSR count). The van der Waals surface area contributed by atoms with Crippen molar-refractivity contribution in [3.05, 3.63) is 52.0 Å². The molecule has 0 aliphatic carbocycles. The van der Waals surface area contributed by atoms with Crippen molar-refractivity contribution in [3.63, 3.8) is 0 Å². The first-order valence-corrected chi connectivity index (χ1v) is 9.40. The second-order valence-electron chi connectivity index (χ2n) is 6.32. The fourth-order valence-corrected chi connectivity index (χ4v) is 3.74. The van der Waals surface area contributed by atoms with Crippen LogP contribution in [0.1, 0.15) is 19.4 Å². The third-order valence-corrected chi connectivity index (χ3v) is 4.97. The third-order valence-electron chi connectivity index (χ3n) is 3.77. The lowest BCUT2D eigenvalue weighted by Gasteiger charge is -2.25. The van der Waals surface area contributed by atoms with E-state index >= 15 is 0 Å². The minimum absolute atomic E-state index is 0.207. The first kappa shape index (κ1) is 18.1. The molecule has 0 spiro atoms. The number of urea groups is 1. The number of rotatable bonds is 4. The summed E-state index contributed by atoms with van der Waals surface area (Å²) in [5.41, 5.74) is 3.01. The summed E-state index contributed by atoms with van der Waals surface area (Å²) < 4.78 is 1.74. The predicted octanol–water partition coefficient (Wildman–Crippen LogP) is 5.53. The van der Waals surface area contributed by atoms with Crippen LogP contribution in [0.25, 0.3) is 10.2 Å². The minimum Gasteiger partial charge on any atom is -0.337 e. The van der Waals surface area contributed by atoms with E-state index in [-0.39, 0.29) is 6.03 Å². The zero-order valence-electron chi connectivity index (χ0n) is 14.4. The van der Waals surface area contributed by atoms with Crippen LogP contribution < -0.4 is 10.2 Å². The Labute approximate surface area is 160 Å². The number of nitrogens with one attached hydrogen (secondary N) is 2. The Bertz CT molecular complexity index is 1030. The molecule has 1 aromatic heterocycles. The Kier molecular flexibility index (Phi) is 5.35. The molecule has 0 saturated carbocycles. The van der Waals surface area contributed by atoms with Gasteiger partial charge in [0.2, 0.25) is 0 Å². The van der Waals surface area contributed by atoms with Crippen LogP contribution in [0.5, 0.6) is 0 Å². The first-order chi connectivity index (χ1) is 12.5. The van der Waals surface area contributed by atoms with E-state index in [1.54, 1.807) is 29.2 Å². The second-order valence-corrected chi connectivity index (χ2v) is 8.04. The van der Waals surface area contributed by atoms with E-state index in [1.807, 2.05) is 18.2 Å². The molecule has 0 aliphatic heterocycles. The van der Waals surface area contributed by atoms with Crippen molar-refractivity contribution < 1.29 is 4.79 Å². The summed E-state index contributed by atoms with van der Waals surface area (Å²) in [5.74, 6) is 0.307. The quantitative estimate of drug-likeness (QED) is 0.583. The van der Waals surface area contributed by atoms with E-state index in [2.05, 4.69) is 30.2 Å². The summed E-state index contributed by atoms with van der Waals surface area (Å²) >= 11 is 6.69. The van der Waals surface area contributed by atoms with Crippen molar-refractivity contribution >= 4 is 51.2 Å². The smallest absolute Gasteiger partial charge is 0.326 e. The normalized spacial score (nSPS) is 10.7. The molecule has 0 radical (unpaired) electrons. The number of hydrogen-bond donors (Lipinski definition) is 2. The zero-order valence-corrected chi connectivity index (χ0v) is 16.1. The van der Waals surface area contributed by atoms with E-state index < -0.39 is 0 Å². The number of benzene rings is 2. The maximum Gasteiger partial charge on any atom is 0.326 e. The van der Waals surface area contributed by atoms with Crippen molar-refractivity contribution in [3.8, 4) is 6.07 Å². The van der Waals surface area contributed by atoms with Gasteiger partial charge in [-0.25, -0.2) is 4.79 Å². The maximum atomic E-state index is 12.9. The van der Waals surface area contributed by atoms with Gasteiger partial charge in [0.25, 0.3) is 0 Å². The Morgan fingerprint density at radius 2 is 2.04 bits per heavy atom. The van der Waals surface area contributed by atoms with Gasteiger partial charge in [-0.05, 0) is 60.6 Å². The Hall–Kier alpha value is -2.69. The van der Waals surface area contributed by atoms with Crippen molar-refractivity contribution in [1.29, 1.82) is 5.26 Å². The topological polar surface area (TPSA) is 71.9 Å². The Morgan fingerprint density at radius 3 is 2.69 bits per heavy atom. The van der Waals surface area contributed by atoms with E-state index in [0.29, 0.717) is 23.7 Å². The minimum atomic E-state index is -0.207. The van der Waals surface area contributed by atoms with Crippen LogP contribution in [0.4, 0.5) is 16.2 Å². The number of carbonyl (C=O) groups excluding carboxylic acids is 1. The number of carbonyl (C=O) groups is 1. The largest absolute Gasteiger partial charge is 0.337 e. The van der Waals surface area contributed by atoms with Crippen LogP contribution in [-0.2, 0) is 0 Å². The monoisotopic (exact) mass is 382 g/mol. The molecule has 0 atom stereocenters. The molecular formula is C19H18N4OS2. The molecule has 1 heterocycles. The first-order valence-electron chi connectivity index (χ1n) is 8.18. The van der Waals surface area contributed by atoms with Crippen LogP contribution in [0.15, 0.2) is 42.5 Å². The van der Waals surface area contributed by atoms with Gasteiger partial charge in [-0.1, -0.05) is 13.8 Å². The van der Waals surface area contributed by atoms with Gasteiger partial charge in [-0.3, -0.25) is 4.90 Å². The summed E-state index contributed by atoms with van der Waals surface area (Å²) in [6, 6.07) is 14.5. The molecule has 0 bridgehead atoms. The molecule has 7 heteroatoms. The van der Waals surface area contributed by atoms with Gasteiger partial charge in [-0.2, -0.15) is 5.26 Å². The average Bonchev–Trinajstić information content (AvgIpc) is 2.99. The number of nitrogens with zero attached hydrogens (tertiary/aromatic N) is 2. The molecule has 3 aromatic rings. The predicted molar refractivity (Wildman–Crippen MR) is 109 cm³/mol. The zero-order chi connectivity index (χ0) is 18.7. The van der Waals surface area contributed by atoms with Gasteiger partial charge in [-0.15, -0.1) is 11.3 Å².